The lowest BCUT2D eigenvalue weighted by atomic mass is 10.1. The fourth-order valence-corrected chi connectivity index (χ4v) is 3.92. The first-order valence-electron chi connectivity index (χ1n) is 6.92. The minimum atomic E-state index is -0.210. The Morgan fingerprint density at radius 3 is 2.75 bits per heavy atom. The predicted molar refractivity (Wildman–Crippen MR) is 81.4 cm³/mol. The fraction of sp³-hybridized carbons (Fsp3) is 0.467. The number of fused-ring (bicyclic) bond motifs is 1. The van der Waals surface area contributed by atoms with Crippen LogP contribution in [0.4, 0.5) is 5.69 Å². The molecule has 5 heteroatoms. The summed E-state index contributed by atoms with van der Waals surface area (Å²) in [5, 5.41) is 4.07. The number of imide groups is 1. The van der Waals surface area contributed by atoms with E-state index in [9.17, 15) is 9.59 Å². The SMILES string of the molecule is CC1SCCCC1Nc1ccc2c(c1)C(=O)N(C)C2=O. The van der Waals surface area contributed by atoms with Crippen LogP contribution in [0.1, 0.15) is 40.5 Å². The van der Waals surface area contributed by atoms with Gasteiger partial charge in [0.1, 0.15) is 0 Å². The number of anilines is 1. The molecule has 1 aromatic carbocycles. The van der Waals surface area contributed by atoms with Gasteiger partial charge in [-0.1, -0.05) is 6.92 Å². The number of carbonyl (C=O) groups is 2. The average Bonchev–Trinajstić information content (AvgIpc) is 2.66. The Morgan fingerprint density at radius 2 is 2.00 bits per heavy atom. The van der Waals surface area contributed by atoms with Crippen LogP contribution in [0.2, 0.25) is 0 Å². The van der Waals surface area contributed by atoms with E-state index in [2.05, 4.69) is 12.2 Å². The molecule has 4 nitrogen and oxygen atoms in total. The van der Waals surface area contributed by atoms with Crippen LogP contribution in [0, 0.1) is 0 Å². The lowest BCUT2D eigenvalue weighted by molar-refractivity contribution is 0.0693. The first kappa shape index (κ1) is 13.5. The number of nitrogens with zero attached hydrogens (tertiary/aromatic N) is 1. The summed E-state index contributed by atoms with van der Waals surface area (Å²) in [5.74, 6) is 0.805. The summed E-state index contributed by atoms with van der Waals surface area (Å²) in [4.78, 5) is 25.0. The van der Waals surface area contributed by atoms with Gasteiger partial charge in [0.15, 0.2) is 0 Å². The summed E-state index contributed by atoms with van der Waals surface area (Å²) in [6, 6.07) is 5.89. The fourth-order valence-electron chi connectivity index (χ4n) is 2.78. The molecule has 2 heterocycles. The molecule has 1 aromatic rings. The summed E-state index contributed by atoms with van der Waals surface area (Å²) in [5.41, 5.74) is 1.95. The normalized spacial score (nSPS) is 25.8. The number of hydrogen-bond donors (Lipinski definition) is 1. The quantitative estimate of drug-likeness (QED) is 0.851. The largest absolute Gasteiger partial charge is 0.381 e. The smallest absolute Gasteiger partial charge is 0.261 e. The topological polar surface area (TPSA) is 49.4 Å². The highest BCUT2D eigenvalue weighted by molar-refractivity contribution is 8.00. The standard InChI is InChI=1S/C15H18N2O2S/c1-9-13(4-3-7-20-9)16-10-5-6-11-12(8-10)15(19)17(2)14(11)18/h5-6,8-9,13,16H,3-4,7H2,1-2H3. The van der Waals surface area contributed by atoms with E-state index in [4.69, 9.17) is 0 Å². The molecule has 2 aliphatic rings. The van der Waals surface area contributed by atoms with Crippen molar-refractivity contribution in [1.82, 2.24) is 4.90 Å². The molecule has 1 saturated heterocycles. The minimum absolute atomic E-state index is 0.209. The molecular formula is C15H18N2O2S. The molecule has 2 amide bonds. The van der Waals surface area contributed by atoms with Gasteiger partial charge in [0, 0.05) is 24.0 Å². The van der Waals surface area contributed by atoms with Crippen LogP contribution >= 0.6 is 11.8 Å². The number of nitrogens with one attached hydrogen (secondary N) is 1. The zero-order chi connectivity index (χ0) is 14.3. The number of amides is 2. The number of rotatable bonds is 2. The van der Waals surface area contributed by atoms with Crippen LogP contribution in [0.15, 0.2) is 18.2 Å². The van der Waals surface area contributed by atoms with Crippen LogP contribution < -0.4 is 5.32 Å². The van der Waals surface area contributed by atoms with Crippen LogP contribution in [-0.4, -0.2) is 40.8 Å². The molecule has 106 valence electrons. The maximum absolute atomic E-state index is 12.0. The predicted octanol–water partition coefficient (Wildman–Crippen LogP) is 2.61. The maximum atomic E-state index is 12.0. The van der Waals surface area contributed by atoms with Gasteiger partial charge < -0.3 is 5.32 Å². The molecule has 2 atom stereocenters. The molecule has 0 spiro atoms. The number of thioether (sulfide) groups is 1. The van der Waals surface area contributed by atoms with Crippen LogP contribution in [0.3, 0.4) is 0 Å². The third-order valence-electron chi connectivity index (χ3n) is 4.05. The van der Waals surface area contributed by atoms with E-state index in [1.165, 1.54) is 24.1 Å². The van der Waals surface area contributed by atoms with Crippen molar-refractivity contribution in [3.8, 4) is 0 Å². The first-order chi connectivity index (χ1) is 9.58. The van der Waals surface area contributed by atoms with Gasteiger partial charge in [0.25, 0.3) is 11.8 Å². The van der Waals surface area contributed by atoms with E-state index >= 15 is 0 Å². The molecule has 0 aliphatic carbocycles. The third kappa shape index (κ3) is 2.20. The van der Waals surface area contributed by atoms with Crippen LogP contribution in [0.25, 0.3) is 0 Å². The van der Waals surface area contributed by atoms with Crippen molar-refractivity contribution < 1.29 is 9.59 Å². The molecule has 2 unspecified atom stereocenters. The zero-order valence-corrected chi connectivity index (χ0v) is 12.5. The Hall–Kier alpha value is -1.49. The van der Waals surface area contributed by atoms with Crippen LogP contribution in [-0.2, 0) is 0 Å². The summed E-state index contributed by atoms with van der Waals surface area (Å²) >= 11 is 1.98. The Kier molecular flexibility index (Phi) is 3.46. The molecule has 2 aliphatic heterocycles. The number of hydrogen-bond acceptors (Lipinski definition) is 4. The van der Waals surface area contributed by atoms with Crippen molar-refractivity contribution in [2.24, 2.45) is 0 Å². The second-order valence-electron chi connectivity index (χ2n) is 5.40. The number of carbonyl (C=O) groups excluding carboxylic acids is 2. The Labute approximate surface area is 122 Å². The highest BCUT2D eigenvalue weighted by Crippen LogP contribution is 2.30. The minimum Gasteiger partial charge on any atom is -0.381 e. The molecule has 1 N–H and O–H groups in total. The molecule has 0 radical (unpaired) electrons. The molecule has 3 rings (SSSR count). The van der Waals surface area contributed by atoms with Gasteiger partial charge in [0.2, 0.25) is 0 Å². The Bertz CT molecular complexity index is 573. The van der Waals surface area contributed by atoms with Crippen molar-refractivity contribution in [3.63, 3.8) is 0 Å². The second kappa shape index (κ2) is 5.13. The second-order valence-corrected chi connectivity index (χ2v) is 6.88. The summed E-state index contributed by atoms with van der Waals surface area (Å²) in [6.07, 6.45) is 2.37. The highest BCUT2D eigenvalue weighted by Gasteiger charge is 2.33. The lowest BCUT2D eigenvalue weighted by Crippen LogP contribution is -2.32. The van der Waals surface area contributed by atoms with E-state index in [0.29, 0.717) is 22.4 Å². The van der Waals surface area contributed by atoms with Gasteiger partial charge >= 0.3 is 0 Å². The monoisotopic (exact) mass is 290 g/mol. The first-order valence-corrected chi connectivity index (χ1v) is 7.97. The molecule has 0 bridgehead atoms. The molecule has 1 fully saturated rings. The van der Waals surface area contributed by atoms with Crippen molar-refractivity contribution in [3.05, 3.63) is 29.3 Å². The van der Waals surface area contributed by atoms with Gasteiger partial charge in [0.05, 0.1) is 11.1 Å². The van der Waals surface area contributed by atoms with Gasteiger partial charge in [-0.05, 0) is 36.8 Å². The zero-order valence-electron chi connectivity index (χ0n) is 11.7. The molecular weight excluding hydrogens is 272 g/mol. The maximum Gasteiger partial charge on any atom is 0.261 e. The van der Waals surface area contributed by atoms with E-state index in [1.54, 1.807) is 6.07 Å². The summed E-state index contributed by atoms with van der Waals surface area (Å²) in [7, 11) is 1.53. The van der Waals surface area contributed by atoms with E-state index in [1.807, 2.05) is 23.9 Å². The summed E-state index contributed by atoms with van der Waals surface area (Å²) < 4.78 is 0. The number of benzene rings is 1. The average molecular weight is 290 g/mol. The van der Waals surface area contributed by atoms with Gasteiger partial charge in [-0.3, -0.25) is 14.5 Å². The highest BCUT2D eigenvalue weighted by atomic mass is 32.2. The lowest BCUT2D eigenvalue weighted by Gasteiger charge is -2.30. The van der Waals surface area contributed by atoms with Gasteiger partial charge in [-0.25, -0.2) is 0 Å². The van der Waals surface area contributed by atoms with E-state index in [0.717, 1.165) is 12.1 Å². The van der Waals surface area contributed by atoms with Crippen molar-refractivity contribution >= 4 is 29.3 Å². The Balaban J connectivity index is 1.83. The van der Waals surface area contributed by atoms with Crippen LogP contribution in [0.5, 0.6) is 0 Å². The molecule has 20 heavy (non-hydrogen) atoms. The molecule has 0 aromatic heterocycles. The van der Waals surface area contributed by atoms with Gasteiger partial charge in [-0.2, -0.15) is 11.8 Å². The molecule has 0 saturated carbocycles. The van der Waals surface area contributed by atoms with E-state index < -0.39 is 0 Å². The Morgan fingerprint density at radius 1 is 1.25 bits per heavy atom. The van der Waals surface area contributed by atoms with Gasteiger partial charge in [-0.15, -0.1) is 0 Å². The van der Waals surface area contributed by atoms with E-state index in [-0.39, 0.29) is 11.8 Å². The van der Waals surface area contributed by atoms with Crippen molar-refractivity contribution in [2.45, 2.75) is 31.1 Å². The van der Waals surface area contributed by atoms with Crippen molar-refractivity contribution in [2.75, 3.05) is 18.1 Å². The van der Waals surface area contributed by atoms with Crippen molar-refractivity contribution in [1.29, 1.82) is 0 Å². The summed E-state index contributed by atoms with van der Waals surface area (Å²) in [6.45, 7) is 2.23. The third-order valence-corrected chi connectivity index (χ3v) is 5.43.